The number of rotatable bonds is 0. The average molecular weight is 153 g/mol. The summed E-state index contributed by atoms with van der Waals surface area (Å²) in [6, 6.07) is 0. The highest BCUT2D eigenvalue weighted by atomic mass is 32.2. The number of ketones is 1. The Morgan fingerprint density at radius 3 is 3.30 bits per heavy atom. The van der Waals surface area contributed by atoms with Gasteiger partial charge in [-0.25, -0.2) is 0 Å². The third-order valence-corrected chi connectivity index (χ3v) is 2.62. The first-order chi connectivity index (χ1) is 4.88. The van der Waals surface area contributed by atoms with Gasteiger partial charge in [-0.05, 0) is 6.08 Å². The smallest absolute Gasteiger partial charge is 0.193 e. The van der Waals surface area contributed by atoms with Gasteiger partial charge in [-0.2, -0.15) is 0 Å². The lowest BCUT2D eigenvalue weighted by Gasteiger charge is -2.04. The lowest BCUT2D eigenvalue weighted by Crippen LogP contribution is -2.09. The van der Waals surface area contributed by atoms with Crippen molar-refractivity contribution in [2.24, 2.45) is 0 Å². The van der Waals surface area contributed by atoms with E-state index >= 15 is 0 Å². The molecule has 1 N–H and O–H groups in total. The quantitative estimate of drug-likeness (QED) is 0.563. The van der Waals surface area contributed by atoms with E-state index in [-0.39, 0.29) is 5.78 Å². The van der Waals surface area contributed by atoms with Gasteiger partial charge in [0.15, 0.2) is 5.78 Å². The van der Waals surface area contributed by atoms with E-state index in [9.17, 15) is 4.79 Å². The Morgan fingerprint density at radius 2 is 2.50 bits per heavy atom. The fourth-order valence-electron chi connectivity index (χ4n) is 1.11. The van der Waals surface area contributed by atoms with Crippen molar-refractivity contribution in [3.63, 3.8) is 0 Å². The van der Waals surface area contributed by atoms with Crippen LogP contribution in [0.5, 0.6) is 0 Å². The molecule has 0 aromatic carbocycles. The molecule has 10 heavy (non-hydrogen) atoms. The minimum Gasteiger partial charge on any atom is -0.378 e. The van der Waals surface area contributed by atoms with Gasteiger partial charge in [0.2, 0.25) is 0 Å². The molecule has 2 nitrogen and oxygen atoms in total. The summed E-state index contributed by atoms with van der Waals surface area (Å²) >= 11 is 1.60. The van der Waals surface area contributed by atoms with Crippen molar-refractivity contribution < 1.29 is 4.79 Å². The third kappa shape index (κ3) is 0.778. The van der Waals surface area contributed by atoms with E-state index in [2.05, 4.69) is 5.32 Å². The normalized spacial score (nSPS) is 23.0. The molecule has 2 aliphatic rings. The van der Waals surface area contributed by atoms with Crippen molar-refractivity contribution in [2.75, 3.05) is 5.88 Å². The molecule has 1 aliphatic carbocycles. The second kappa shape index (κ2) is 2.16. The molecule has 0 unspecified atom stereocenters. The molecule has 0 aromatic heterocycles. The Bertz CT molecular complexity index is 242. The highest BCUT2D eigenvalue weighted by molar-refractivity contribution is 8.04. The molecule has 1 aliphatic heterocycles. The summed E-state index contributed by atoms with van der Waals surface area (Å²) in [4.78, 5) is 12.0. The molecule has 0 spiro atoms. The van der Waals surface area contributed by atoms with E-state index < -0.39 is 0 Å². The standard InChI is InChI=1S/C7H7NOS/c9-6-3-1-2-5-7(6)10-4-8-5/h1,3,8H,2,4H2. The van der Waals surface area contributed by atoms with Crippen molar-refractivity contribution in [1.29, 1.82) is 0 Å². The number of nitrogens with one attached hydrogen (secondary N) is 1. The van der Waals surface area contributed by atoms with E-state index in [1.165, 1.54) is 0 Å². The minimum atomic E-state index is 0.163. The Hall–Kier alpha value is -0.700. The number of allylic oxidation sites excluding steroid dienone is 3. The first-order valence-electron chi connectivity index (χ1n) is 3.18. The maximum atomic E-state index is 11.1. The molecule has 0 radical (unpaired) electrons. The van der Waals surface area contributed by atoms with Crippen LogP contribution in [0.1, 0.15) is 6.42 Å². The van der Waals surface area contributed by atoms with Crippen LogP contribution in [0.4, 0.5) is 0 Å². The Kier molecular flexibility index (Phi) is 1.31. The van der Waals surface area contributed by atoms with Gasteiger partial charge in [0.25, 0.3) is 0 Å². The van der Waals surface area contributed by atoms with Gasteiger partial charge < -0.3 is 5.32 Å². The van der Waals surface area contributed by atoms with Crippen molar-refractivity contribution in [2.45, 2.75) is 6.42 Å². The van der Waals surface area contributed by atoms with Crippen molar-refractivity contribution >= 4 is 17.5 Å². The molecule has 2 rings (SSSR count). The van der Waals surface area contributed by atoms with Gasteiger partial charge >= 0.3 is 0 Å². The number of hydrogen-bond acceptors (Lipinski definition) is 3. The Morgan fingerprint density at radius 1 is 1.60 bits per heavy atom. The van der Waals surface area contributed by atoms with Gasteiger partial charge in [-0.1, -0.05) is 17.8 Å². The molecular formula is C7H7NOS. The van der Waals surface area contributed by atoms with E-state index in [1.54, 1.807) is 17.8 Å². The van der Waals surface area contributed by atoms with Gasteiger partial charge in [0, 0.05) is 12.1 Å². The molecule has 0 amide bonds. The van der Waals surface area contributed by atoms with Crippen LogP contribution in [0, 0.1) is 0 Å². The summed E-state index contributed by atoms with van der Waals surface area (Å²) in [6.07, 6.45) is 4.45. The molecule has 0 aromatic rings. The van der Waals surface area contributed by atoms with Gasteiger partial charge in [0.1, 0.15) is 0 Å². The second-order valence-corrected chi connectivity index (χ2v) is 3.23. The zero-order valence-corrected chi connectivity index (χ0v) is 6.20. The monoisotopic (exact) mass is 153 g/mol. The number of hydrogen-bond donors (Lipinski definition) is 1. The first kappa shape index (κ1) is 6.04. The molecule has 0 saturated carbocycles. The van der Waals surface area contributed by atoms with Gasteiger partial charge in [0.05, 0.1) is 10.8 Å². The average Bonchev–Trinajstić information content (AvgIpc) is 2.36. The third-order valence-electron chi connectivity index (χ3n) is 1.59. The molecule has 1 heterocycles. The summed E-state index contributed by atoms with van der Waals surface area (Å²) in [7, 11) is 0. The maximum absolute atomic E-state index is 11.1. The second-order valence-electron chi connectivity index (χ2n) is 2.24. The molecule has 3 heteroatoms. The van der Waals surface area contributed by atoms with Crippen LogP contribution < -0.4 is 5.32 Å². The minimum absolute atomic E-state index is 0.163. The number of carbonyl (C=O) groups is 1. The fraction of sp³-hybridized carbons (Fsp3) is 0.286. The summed E-state index contributed by atoms with van der Waals surface area (Å²) in [5.41, 5.74) is 1.11. The molecule has 0 fully saturated rings. The summed E-state index contributed by atoms with van der Waals surface area (Å²) in [5.74, 6) is 1.02. The molecule has 0 saturated heterocycles. The Balaban J connectivity index is 2.35. The predicted molar refractivity (Wildman–Crippen MR) is 41.4 cm³/mol. The number of carbonyl (C=O) groups excluding carboxylic acids is 1. The van der Waals surface area contributed by atoms with Crippen LogP contribution in [-0.4, -0.2) is 11.7 Å². The molecule has 0 atom stereocenters. The fourth-order valence-corrected chi connectivity index (χ4v) is 2.04. The van der Waals surface area contributed by atoms with Gasteiger partial charge in [-0.15, -0.1) is 0 Å². The van der Waals surface area contributed by atoms with E-state index in [0.29, 0.717) is 0 Å². The summed E-state index contributed by atoms with van der Waals surface area (Å²) in [5, 5.41) is 3.16. The van der Waals surface area contributed by atoms with Crippen LogP contribution in [0.25, 0.3) is 0 Å². The predicted octanol–water partition coefficient (Wildman–Crippen LogP) is 1.02. The largest absolute Gasteiger partial charge is 0.378 e. The van der Waals surface area contributed by atoms with Crippen LogP contribution in [0.3, 0.4) is 0 Å². The highest BCUT2D eigenvalue weighted by Crippen LogP contribution is 2.29. The number of thioether (sulfide) groups is 1. The zero-order chi connectivity index (χ0) is 6.97. The molecule has 52 valence electrons. The van der Waals surface area contributed by atoms with E-state index in [4.69, 9.17) is 0 Å². The van der Waals surface area contributed by atoms with Crippen molar-refractivity contribution in [3.05, 3.63) is 22.8 Å². The van der Waals surface area contributed by atoms with E-state index in [1.807, 2.05) is 6.08 Å². The lowest BCUT2D eigenvalue weighted by molar-refractivity contribution is -0.110. The van der Waals surface area contributed by atoms with Crippen LogP contribution in [-0.2, 0) is 4.79 Å². The summed E-state index contributed by atoms with van der Waals surface area (Å²) in [6.45, 7) is 0. The van der Waals surface area contributed by atoms with Crippen LogP contribution in [0.2, 0.25) is 0 Å². The lowest BCUT2D eigenvalue weighted by atomic mass is 10.1. The Labute approximate surface area is 63.4 Å². The van der Waals surface area contributed by atoms with Crippen molar-refractivity contribution in [3.8, 4) is 0 Å². The van der Waals surface area contributed by atoms with Gasteiger partial charge in [-0.3, -0.25) is 4.79 Å². The maximum Gasteiger partial charge on any atom is 0.193 e. The first-order valence-corrected chi connectivity index (χ1v) is 4.17. The SMILES string of the molecule is O=C1C=CCC2=C1SCN2. The topological polar surface area (TPSA) is 29.1 Å². The highest BCUT2D eigenvalue weighted by Gasteiger charge is 2.20. The van der Waals surface area contributed by atoms with Crippen molar-refractivity contribution in [1.82, 2.24) is 5.32 Å². The van der Waals surface area contributed by atoms with Crippen LogP contribution in [0.15, 0.2) is 22.8 Å². The van der Waals surface area contributed by atoms with E-state index in [0.717, 1.165) is 22.9 Å². The van der Waals surface area contributed by atoms with Crippen LogP contribution >= 0.6 is 11.8 Å². The summed E-state index contributed by atoms with van der Waals surface area (Å²) < 4.78 is 0. The molecule has 0 bridgehead atoms. The zero-order valence-electron chi connectivity index (χ0n) is 5.39. The molecular weight excluding hydrogens is 146 g/mol.